The summed E-state index contributed by atoms with van der Waals surface area (Å²) in [6.45, 7) is 4.71. The summed E-state index contributed by atoms with van der Waals surface area (Å²) in [5.74, 6) is -0.420. The topological polar surface area (TPSA) is 56.0 Å². The molecule has 0 saturated heterocycles. The summed E-state index contributed by atoms with van der Waals surface area (Å²) in [6, 6.07) is 6.05. The molecule has 98 valence electrons. The molecule has 0 unspecified atom stereocenters. The molecule has 1 aromatic carbocycles. The quantitative estimate of drug-likeness (QED) is 0.816. The SMILES string of the molecule is CCC(CC)(CO)CNc1ccc(F)cc1C#N. The number of halogens is 1. The molecule has 1 aromatic rings. The predicted octanol–water partition coefficient (Wildman–Crippen LogP) is 2.91. The maximum Gasteiger partial charge on any atom is 0.124 e. The molecule has 4 heteroatoms. The van der Waals surface area contributed by atoms with Gasteiger partial charge in [0.1, 0.15) is 11.9 Å². The van der Waals surface area contributed by atoms with Gasteiger partial charge in [0.2, 0.25) is 0 Å². The van der Waals surface area contributed by atoms with Gasteiger partial charge in [0.25, 0.3) is 0 Å². The lowest BCUT2D eigenvalue weighted by Crippen LogP contribution is -2.32. The van der Waals surface area contributed by atoms with Gasteiger partial charge >= 0.3 is 0 Å². The van der Waals surface area contributed by atoms with E-state index in [1.807, 2.05) is 19.9 Å². The molecule has 0 heterocycles. The summed E-state index contributed by atoms with van der Waals surface area (Å²) in [5, 5.41) is 21.5. The van der Waals surface area contributed by atoms with Crippen molar-refractivity contribution < 1.29 is 9.50 Å². The highest BCUT2D eigenvalue weighted by Gasteiger charge is 2.25. The Kier molecular flexibility index (Phi) is 5.11. The Hall–Kier alpha value is -1.60. The first-order valence-electron chi connectivity index (χ1n) is 6.15. The van der Waals surface area contributed by atoms with Crippen LogP contribution in [0.5, 0.6) is 0 Å². The van der Waals surface area contributed by atoms with Crippen LogP contribution < -0.4 is 5.32 Å². The Morgan fingerprint density at radius 1 is 1.39 bits per heavy atom. The van der Waals surface area contributed by atoms with Gasteiger partial charge in [-0.05, 0) is 31.0 Å². The number of aliphatic hydroxyl groups is 1. The van der Waals surface area contributed by atoms with E-state index in [0.29, 0.717) is 12.2 Å². The molecule has 0 aliphatic rings. The van der Waals surface area contributed by atoms with Crippen LogP contribution >= 0.6 is 0 Å². The van der Waals surface area contributed by atoms with Crippen molar-refractivity contribution in [3.05, 3.63) is 29.6 Å². The van der Waals surface area contributed by atoms with E-state index in [-0.39, 0.29) is 17.6 Å². The van der Waals surface area contributed by atoms with Crippen LogP contribution in [-0.4, -0.2) is 18.3 Å². The fourth-order valence-electron chi connectivity index (χ4n) is 1.83. The van der Waals surface area contributed by atoms with Crippen LogP contribution in [0.1, 0.15) is 32.3 Å². The van der Waals surface area contributed by atoms with Crippen molar-refractivity contribution in [2.24, 2.45) is 5.41 Å². The largest absolute Gasteiger partial charge is 0.396 e. The lowest BCUT2D eigenvalue weighted by Gasteiger charge is -2.30. The minimum atomic E-state index is -0.420. The van der Waals surface area contributed by atoms with Gasteiger partial charge in [-0.25, -0.2) is 4.39 Å². The van der Waals surface area contributed by atoms with Gasteiger partial charge in [-0.2, -0.15) is 5.26 Å². The molecule has 0 aromatic heterocycles. The zero-order valence-corrected chi connectivity index (χ0v) is 10.8. The van der Waals surface area contributed by atoms with E-state index in [2.05, 4.69) is 5.32 Å². The summed E-state index contributed by atoms with van der Waals surface area (Å²) in [4.78, 5) is 0. The predicted molar refractivity (Wildman–Crippen MR) is 69.7 cm³/mol. The third kappa shape index (κ3) is 3.21. The van der Waals surface area contributed by atoms with E-state index in [4.69, 9.17) is 5.26 Å². The lowest BCUT2D eigenvalue weighted by molar-refractivity contribution is 0.127. The van der Waals surface area contributed by atoms with Gasteiger partial charge in [-0.3, -0.25) is 0 Å². The number of rotatable bonds is 6. The molecular weight excluding hydrogens is 231 g/mol. The Balaban J connectivity index is 2.83. The van der Waals surface area contributed by atoms with Crippen molar-refractivity contribution in [2.45, 2.75) is 26.7 Å². The Morgan fingerprint density at radius 2 is 2.06 bits per heavy atom. The van der Waals surface area contributed by atoms with Gasteiger partial charge in [-0.15, -0.1) is 0 Å². The van der Waals surface area contributed by atoms with E-state index < -0.39 is 5.82 Å². The zero-order valence-electron chi connectivity index (χ0n) is 10.8. The second-order valence-corrected chi connectivity index (χ2v) is 4.52. The number of hydrogen-bond acceptors (Lipinski definition) is 3. The van der Waals surface area contributed by atoms with Gasteiger partial charge < -0.3 is 10.4 Å². The molecule has 0 fully saturated rings. The van der Waals surface area contributed by atoms with Gasteiger partial charge in [0.05, 0.1) is 17.9 Å². The number of benzene rings is 1. The fraction of sp³-hybridized carbons (Fsp3) is 0.500. The van der Waals surface area contributed by atoms with Crippen molar-refractivity contribution in [1.82, 2.24) is 0 Å². The second-order valence-electron chi connectivity index (χ2n) is 4.52. The van der Waals surface area contributed by atoms with E-state index in [9.17, 15) is 9.50 Å². The van der Waals surface area contributed by atoms with Crippen LogP contribution in [0.4, 0.5) is 10.1 Å². The normalized spacial score (nSPS) is 11.1. The van der Waals surface area contributed by atoms with Crippen LogP contribution in [0.25, 0.3) is 0 Å². The Bertz CT molecular complexity index is 428. The molecule has 18 heavy (non-hydrogen) atoms. The van der Waals surface area contributed by atoms with E-state index in [0.717, 1.165) is 12.8 Å². The molecule has 3 nitrogen and oxygen atoms in total. The number of hydrogen-bond donors (Lipinski definition) is 2. The minimum absolute atomic E-state index is 0.0933. The number of nitrogens with one attached hydrogen (secondary N) is 1. The molecule has 2 N–H and O–H groups in total. The van der Waals surface area contributed by atoms with Crippen molar-refractivity contribution >= 4 is 5.69 Å². The maximum atomic E-state index is 13.0. The smallest absolute Gasteiger partial charge is 0.124 e. The Labute approximate surface area is 107 Å². The fourth-order valence-corrected chi connectivity index (χ4v) is 1.83. The number of nitriles is 1. The third-order valence-corrected chi connectivity index (χ3v) is 3.59. The van der Waals surface area contributed by atoms with Gasteiger partial charge in [0.15, 0.2) is 0 Å². The molecule has 0 amide bonds. The van der Waals surface area contributed by atoms with Crippen LogP contribution in [0.2, 0.25) is 0 Å². The highest BCUT2D eigenvalue weighted by atomic mass is 19.1. The summed E-state index contributed by atoms with van der Waals surface area (Å²) in [6.07, 6.45) is 1.69. The average Bonchev–Trinajstić information content (AvgIpc) is 2.42. The molecule has 0 spiro atoms. The van der Waals surface area contributed by atoms with E-state index in [1.165, 1.54) is 12.1 Å². The number of nitrogens with zero attached hydrogens (tertiary/aromatic N) is 1. The molecule has 0 aliphatic heterocycles. The van der Waals surface area contributed by atoms with Crippen molar-refractivity contribution in [3.8, 4) is 6.07 Å². The molecule has 0 atom stereocenters. The van der Waals surface area contributed by atoms with Crippen LogP contribution in [0.15, 0.2) is 18.2 Å². The van der Waals surface area contributed by atoms with Gasteiger partial charge in [0, 0.05) is 12.0 Å². The molecule has 1 rings (SSSR count). The highest BCUT2D eigenvalue weighted by Crippen LogP contribution is 2.27. The maximum absolute atomic E-state index is 13.0. The highest BCUT2D eigenvalue weighted by molar-refractivity contribution is 5.57. The summed E-state index contributed by atoms with van der Waals surface area (Å²) >= 11 is 0. The second kappa shape index (κ2) is 6.36. The zero-order chi connectivity index (χ0) is 13.6. The van der Waals surface area contributed by atoms with Crippen LogP contribution in [0, 0.1) is 22.6 Å². The summed E-state index contributed by atoms with van der Waals surface area (Å²) in [7, 11) is 0. The lowest BCUT2D eigenvalue weighted by atomic mass is 9.83. The molecular formula is C14H19FN2O. The summed E-state index contributed by atoms with van der Waals surface area (Å²) < 4.78 is 13.0. The molecule has 0 bridgehead atoms. The van der Waals surface area contributed by atoms with Crippen molar-refractivity contribution in [3.63, 3.8) is 0 Å². The Morgan fingerprint density at radius 3 is 2.56 bits per heavy atom. The number of anilines is 1. The molecule has 0 aliphatic carbocycles. The minimum Gasteiger partial charge on any atom is -0.396 e. The first-order chi connectivity index (χ1) is 8.60. The van der Waals surface area contributed by atoms with Crippen LogP contribution in [-0.2, 0) is 0 Å². The number of aliphatic hydroxyl groups excluding tert-OH is 1. The standard InChI is InChI=1S/C14H19FN2O/c1-3-14(4-2,10-18)9-17-13-6-5-12(15)7-11(13)8-16/h5-7,17-18H,3-4,9-10H2,1-2H3. The first-order valence-corrected chi connectivity index (χ1v) is 6.15. The third-order valence-electron chi connectivity index (χ3n) is 3.59. The monoisotopic (exact) mass is 250 g/mol. The molecule has 0 radical (unpaired) electrons. The van der Waals surface area contributed by atoms with Crippen molar-refractivity contribution in [1.29, 1.82) is 5.26 Å². The van der Waals surface area contributed by atoms with Crippen LogP contribution in [0.3, 0.4) is 0 Å². The van der Waals surface area contributed by atoms with E-state index in [1.54, 1.807) is 6.07 Å². The average molecular weight is 250 g/mol. The van der Waals surface area contributed by atoms with E-state index >= 15 is 0 Å². The first kappa shape index (κ1) is 14.5. The molecule has 0 saturated carbocycles. The summed E-state index contributed by atoms with van der Waals surface area (Å²) in [5.41, 5.74) is 0.703. The van der Waals surface area contributed by atoms with Crippen molar-refractivity contribution in [2.75, 3.05) is 18.5 Å². The van der Waals surface area contributed by atoms with Gasteiger partial charge in [-0.1, -0.05) is 13.8 Å².